The molecule has 4 nitrogen and oxygen atoms in total. The van der Waals surface area contributed by atoms with Crippen LogP contribution in [0.1, 0.15) is 52.7 Å². The smallest absolute Gasteiger partial charge is 0.340 e. The van der Waals surface area contributed by atoms with Crippen molar-refractivity contribution in [2.24, 2.45) is 0 Å². The SMILES string of the molecule is CCc1ccc2c(c1)CCC[C@@H]2CNc1cnccc1C(=O)OC. The maximum absolute atomic E-state index is 11.9. The molecule has 0 fully saturated rings. The Labute approximate surface area is 143 Å². The first-order valence-electron chi connectivity index (χ1n) is 8.60. The van der Waals surface area contributed by atoms with Gasteiger partial charge in [0.1, 0.15) is 0 Å². The van der Waals surface area contributed by atoms with Gasteiger partial charge in [0, 0.05) is 18.7 Å². The van der Waals surface area contributed by atoms with Crippen LogP contribution in [-0.2, 0) is 17.6 Å². The van der Waals surface area contributed by atoms with Gasteiger partial charge in [-0.05, 0) is 48.4 Å². The molecule has 1 aromatic carbocycles. The van der Waals surface area contributed by atoms with Crippen molar-refractivity contribution in [3.05, 3.63) is 58.9 Å². The molecule has 1 atom stereocenters. The molecule has 0 aliphatic heterocycles. The van der Waals surface area contributed by atoms with Gasteiger partial charge < -0.3 is 10.1 Å². The zero-order valence-corrected chi connectivity index (χ0v) is 14.3. The Balaban J connectivity index is 1.76. The van der Waals surface area contributed by atoms with Crippen LogP contribution in [0.4, 0.5) is 5.69 Å². The molecule has 0 spiro atoms. The Morgan fingerprint density at radius 2 is 2.25 bits per heavy atom. The summed E-state index contributed by atoms with van der Waals surface area (Å²) in [7, 11) is 1.40. The van der Waals surface area contributed by atoms with Crippen LogP contribution in [0.25, 0.3) is 0 Å². The van der Waals surface area contributed by atoms with Crippen molar-refractivity contribution in [3.63, 3.8) is 0 Å². The molecule has 126 valence electrons. The molecule has 0 radical (unpaired) electrons. The van der Waals surface area contributed by atoms with Gasteiger partial charge in [-0.3, -0.25) is 4.98 Å². The standard InChI is InChI=1S/C20H24N2O2/c1-3-14-7-8-17-15(11-14)5-4-6-16(17)12-22-19-13-21-10-9-18(19)20(23)24-2/h7-11,13,16,22H,3-6,12H2,1-2H3/t16-/m1/s1. The number of hydrogen-bond donors (Lipinski definition) is 1. The Hall–Kier alpha value is -2.36. The molecule has 0 amide bonds. The van der Waals surface area contributed by atoms with Crippen LogP contribution < -0.4 is 5.32 Å². The van der Waals surface area contributed by atoms with E-state index in [-0.39, 0.29) is 5.97 Å². The van der Waals surface area contributed by atoms with Gasteiger partial charge in [-0.25, -0.2) is 4.79 Å². The number of pyridine rings is 1. The third-order valence-electron chi connectivity index (χ3n) is 4.82. The van der Waals surface area contributed by atoms with Gasteiger partial charge in [0.25, 0.3) is 0 Å². The van der Waals surface area contributed by atoms with Gasteiger partial charge in [0.2, 0.25) is 0 Å². The lowest BCUT2D eigenvalue weighted by molar-refractivity contribution is 0.0601. The lowest BCUT2D eigenvalue weighted by Crippen LogP contribution is -2.19. The number of rotatable bonds is 5. The number of nitrogens with one attached hydrogen (secondary N) is 1. The van der Waals surface area contributed by atoms with Crippen molar-refractivity contribution < 1.29 is 9.53 Å². The molecule has 24 heavy (non-hydrogen) atoms. The highest BCUT2D eigenvalue weighted by Gasteiger charge is 2.21. The number of nitrogens with zero attached hydrogens (tertiary/aromatic N) is 1. The number of methoxy groups -OCH3 is 1. The van der Waals surface area contributed by atoms with Crippen LogP contribution in [0, 0.1) is 0 Å². The summed E-state index contributed by atoms with van der Waals surface area (Å²) in [5.41, 5.74) is 5.59. The molecule has 0 unspecified atom stereocenters. The number of aryl methyl sites for hydroxylation is 2. The molecule has 3 rings (SSSR count). The highest BCUT2D eigenvalue weighted by Crippen LogP contribution is 2.32. The first kappa shape index (κ1) is 16.5. The van der Waals surface area contributed by atoms with Gasteiger partial charge in [0.05, 0.1) is 24.6 Å². The fourth-order valence-electron chi connectivity index (χ4n) is 3.46. The van der Waals surface area contributed by atoms with E-state index in [1.165, 1.54) is 43.1 Å². The Bertz CT molecular complexity index is 727. The fraction of sp³-hybridized carbons (Fsp3) is 0.400. The number of esters is 1. The largest absolute Gasteiger partial charge is 0.465 e. The van der Waals surface area contributed by atoms with Crippen molar-refractivity contribution in [2.75, 3.05) is 19.0 Å². The van der Waals surface area contributed by atoms with Gasteiger partial charge >= 0.3 is 5.97 Å². The monoisotopic (exact) mass is 324 g/mol. The zero-order valence-electron chi connectivity index (χ0n) is 14.3. The van der Waals surface area contributed by atoms with E-state index in [9.17, 15) is 4.79 Å². The molecule has 0 saturated heterocycles. The van der Waals surface area contributed by atoms with Crippen molar-refractivity contribution in [3.8, 4) is 0 Å². The average molecular weight is 324 g/mol. The van der Waals surface area contributed by atoms with Crippen molar-refractivity contribution in [2.45, 2.75) is 38.5 Å². The molecule has 1 heterocycles. The van der Waals surface area contributed by atoms with Gasteiger partial charge in [-0.15, -0.1) is 0 Å². The maximum atomic E-state index is 11.9. The summed E-state index contributed by atoms with van der Waals surface area (Å²) < 4.78 is 4.84. The van der Waals surface area contributed by atoms with Crippen molar-refractivity contribution in [1.82, 2.24) is 4.98 Å². The average Bonchev–Trinajstić information content (AvgIpc) is 2.65. The molecule has 0 bridgehead atoms. The normalized spacial score (nSPS) is 16.3. The number of ether oxygens (including phenoxy) is 1. The second-order valence-electron chi connectivity index (χ2n) is 6.27. The number of aromatic nitrogens is 1. The van der Waals surface area contributed by atoms with E-state index < -0.39 is 0 Å². The summed E-state index contributed by atoms with van der Waals surface area (Å²) in [6.07, 6.45) is 7.92. The third kappa shape index (κ3) is 3.42. The van der Waals surface area contributed by atoms with Crippen LogP contribution in [-0.4, -0.2) is 24.6 Å². The van der Waals surface area contributed by atoms with Crippen molar-refractivity contribution in [1.29, 1.82) is 0 Å². The van der Waals surface area contributed by atoms with Crippen LogP contribution in [0.5, 0.6) is 0 Å². The van der Waals surface area contributed by atoms with E-state index in [4.69, 9.17) is 4.74 Å². The Kier molecular flexibility index (Phi) is 5.14. The molecule has 1 aromatic heterocycles. The maximum Gasteiger partial charge on any atom is 0.340 e. The number of carbonyl (C=O) groups is 1. The summed E-state index contributed by atoms with van der Waals surface area (Å²) in [5, 5.41) is 3.40. The Morgan fingerprint density at radius 3 is 3.04 bits per heavy atom. The molecule has 0 saturated carbocycles. The molecule has 1 N–H and O–H groups in total. The second kappa shape index (κ2) is 7.47. The summed E-state index contributed by atoms with van der Waals surface area (Å²) in [6, 6.07) is 8.56. The van der Waals surface area contributed by atoms with Crippen LogP contribution in [0.15, 0.2) is 36.7 Å². The predicted molar refractivity (Wildman–Crippen MR) is 95.6 cm³/mol. The first-order chi connectivity index (χ1) is 11.7. The summed E-state index contributed by atoms with van der Waals surface area (Å²) in [5.74, 6) is 0.127. The Morgan fingerprint density at radius 1 is 1.38 bits per heavy atom. The molecular weight excluding hydrogens is 300 g/mol. The number of hydrogen-bond acceptors (Lipinski definition) is 4. The zero-order chi connectivity index (χ0) is 16.9. The number of fused-ring (bicyclic) bond motifs is 1. The van der Waals surface area contributed by atoms with Crippen LogP contribution >= 0.6 is 0 Å². The molecule has 1 aliphatic carbocycles. The van der Waals surface area contributed by atoms with E-state index >= 15 is 0 Å². The molecule has 1 aliphatic rings. The van der Waals surface area contributed by atoms with E-state index in [0.29, 0.717) is 11.5 Å². The van der Waals surface area contributed by atoms with Gasteiger partial charge in [0.15, 0.2) is 0 Å². The first-order valence-corrected chi connectivity index (χ1v) is 8.60. The van der Waals surface area contributed by atoms with Gasteiger partial charge in [-0.2, -0.15) is 0 Å². The van der Waals surface area contributed by atoms with E-state index in [1.54, 1.807) is 18.5 Å². The second-order valence-corrected chi connectivity index (χ2v) is 6.27. The highest BCUT2D eigenvalue weighted by molar-refractivity contribution is 5.95. The summed E-state index contributed by atoms with van der Waals surface area (Å²) in [4.78, 5) is 16.0. The number of benzene rings is 1. The van der Waals surface area contributed by atoms with Crippen LogP contribution in [0.2, 0.25) is 0 Å². The van der Waals surface area contributed by atoms with E-state index in [1.807, 2.05) is 0 Å². The van der Waals surface area contributed by atoms with Gasteiger partial charge in [-0.1, -0.05) is 25.1 Å². The minimum Gasteiger partial charge on any atom is -0.465 e. The van der Waals surface area contributed by atoms with E-state index in [0.717, 1.165) is 18.7 Å². The molecule has 2 aromatic rings. The molecular formula is C20H24N2O2. The number of carbonyl (C=O) groups excluding carboxylic acids is 1. The highest BCUT2D eigenvalue weighted by atomic mass is 16.5. The minimum absolute atomic E-state index is 0.337. The molecule has 4 heteroatoms. The quantitative estimate of drug-likeness (QED) is 0.846. The van der Waals surface area contributed by atoms with Crippen LogP contribution in [0.3, 0.4) is 0 Å². The predicted octanol–water partition coefficient (Wildman–Crippen LogP) is 3.96. The third-order valence-corrected chi connectivity index (χ3v) is 4.82. The summed E-state index contributed by atoms with van der Waals surface area (Å²) >= 11 is 0. The number of anilines is 1. The lowest BCUT2D eigenvalue weighted by Gasteiger charge is -2.27. The topological polar surface area (TPSA) is 51.2 Å². The van der Waals surface area contributed by atoms with E-state index in [2.05, 4.69) is 35.4 Å². The van der Waals surface area contributed by atoms with Crippen molar-refractivity contribution >= 4 is 11.7 Å². The minimum atomic E-state index is -0.337. The summed E-state index contributed by atoms with van der Waals surface area (Å²) in [6.45, 7) is 2.99. The fourth-order valence-corrected chi connectivity index (χ4v) is 3.46. The lowest BCUT2D eigenvalue weighted by atomic mass is 9.82.